The number of carboxylic acid groups (broad SMARTS) is 1. The number of thioether (sulfide) groups is 1. The zero-order valence-corrected chi connectivity index (χ0v) is 17.9. The van der Waals surface area contributed by atoms with Gasteiger partial charge in [0.05, 0.1) is 17.2 Å². The largest absolute Gasteiger partial charge is 0.490 e. The first-order chi connectivity index (χ1) is 14.4. The van der Waals surface area contributed by atoms with Gasteiger partial charge < -0.3 is 14.6 Å². The Morgan fingerprint density at radius 1 is 1.20 bits per heavy atom. The van der Waals surface area contributed by atoms with Gasteiger partial charge in [-0.2, -0.15) is 0 Å². The summed E-state index contributed by atoms with van der Waals surface area (Å²) in [4.78, 5) is 29.9. The van der Waals surface area contributed by atoms with Gasteiger partial charge in [0.1, 0.15) is 0 Å². The summed E-state index contributed by atoms with van der Waals surface area (Å²) in [5.74, 6) is -0.509. The maximum absolute atomic E-state index is 12.6. The van der Waals surface area contributed by atoms with Crippen LogP contribution in [-0.4, -0.2) is 47.3 Å². The van der Waals surface area contributed by atoms with Crippen molar-refractivity contribution in [3.8, 4) is 11.5 Å². The van der Waals surface area contributed by atoms with Crippen molar-refractivity contribution < 1.29 is 24.2 Å². The molecular formula is C21H19ClN2O5S. The molecule has 9 heteroatoms. The molecule has 0 bridgehead atoms. The predicted octanol–water partition coefficient (Wildman–Crippen LogP) is 4.44. The smallest absolute Gasteiger partial charge is 0.341 e. The lowest BCUT2D eigenvalue weighted by atomic mass is 10.2. The molecule has 1 aliphatic heterocycles. The number of ether oxygens (including phenoxy) is 2. The van der Waals surface area contributed by atoms with Gasteiger partial charge >= 0.3 is 5.97 Å². The van der Waals surface area contributed by atoms with Crippen molar-refractivity contribution in [2.24, 2.45) is 4.99 Å². The Labute approximate surface area is 183 Å². The molecule has 0 atom stereocenters. The summed E-state index contributed by atoms with van der Waals surface area (Å²) in [6.45, 7) is 1.73. The fraction of sp³-hybridized carbons (Fsp3) is 0.190. The zero-order valence-electron chi connectivity index (χ0n) is 16.3. The summed E-state index contributed by atoms with van der Waals surface area (Å²) in [5.41, 5.74) is 1.42. The average molecular weight is 447 g/mol. The molecule has 1 heterocycles. The first kappa shape index (κ1) is 21.7. The number of likely N-dealkylation sites (N-methyl/N-ethyl adjacent to an activating group) is 1. The molecule has 0 spiro atoms. The minimum Gasteiger partial charge on any atom is -0.490 e. The number of amidine groups is 1. The van der Waals surface area contributed by atoms with E-state index < -0.39 is 12.6 Å². The van der Waals surface area contributed by atoms with Gasteiger partial charge in [-0.15, -0.1) is 0 Å². The number of carbonyl (C=O) groups is 2. The van der Waals surface area contributed by atoms with Crippen LogP contribution in [0.2, 0.25) is 5.02 Å². The normalized spacial score (nSPS) is 16.4. The molecular weight excluding hydrogens is 428 g/mol. The second-order valence-electron chi connectivity index (χ2n) is 6.17. The van der Waals surface area contributed by atoms with Gasteiger partial charge in [-0.1, -0.05) is 17.7 Å². The number of benzene rings is 2. The van der Waals surface area contributed by atoms with E-state index >= 15 is 0 Å². The molecule has 0 saturated carbocycles. The second-order valence-corrected chi connectivity index (χ2v) is 7.61. The van der Waals surface area contributed by atoms with Crippen molar-refractivity contribution >= 4 is 52.2 Å². The first-order valence-electron chi connectivity index (χ1n) is 9.00. The molecule has 1 saturated heterocycles. The molecule has 0 unspecified atom stereocenters. The number of nitrogens with zero attached hydrogens (tertiary/aromatic N) is 2. The molecule has 30 heavy (non-hydrogen) atoms. The number of hydrogen-bond acceptors (Lipinski definition) is 6. The molecule has 2 aromatic rings. The Morgan fingerprint density at radius 2 is 1.93 bits per heavy atom. The van der Waals surface area contributed by atoms with Gasteiger partial charge in [0.2, 0.25) is 0 Å². The van der Waals surface area contributed by atoms with Crippen LogP contribution in [0.4, 0.5) is 5.69 Å². The van der Waals surface area contributed by atoms with E-state index in [1.165, 1.54) is 16.7 Å². The molecule has 1 N–H and O–H groups in total. The van der Waals surface area contributed by atoms with Crippen molar-refractivity contribution in [1.82, 2.24) is 4.90 Å². The molecule has 0 aliphatic carbocycles. The Balaban J connectivity index is 1.85. The lowest BCUT2D eigenvalue weighted by Crippen LogP contribution is -2.23. The van der Waals surface area contributed by atoms with Crippen molar-refractivity contribution in [2.45, 2.75) is 6.92 Å². The highest BCUT2D eigenvalue weighted by Crippen LogP contribution is 2.35. The van der Waals surface area contributed by atoms with Crippen molar-refractivity contribution in [3.05, 3.63) is 58.0 Å². The summed E-state index contributed by atoms with van der Waals surface area (Å²) in [7, 11) is 1.67. The molecule has 1 amide bonds. The molecule has 3 rings (SSSR count). The summed E-state index contributed by atoms with van der Waals surface area (Å²) < 4.78 is 10.8. The van der Waals surface area contributed by atoms with Crippen molar-refractivity contribution in [2.75, 3.05) is 20.3 Å². The van der Waals surface area contributed by atoms with Gasteiger partial charge in [0.15, 0.2) is 23.3 Å². The quantitative estimate of drug-likeness (QED) is 0.633. The van der Waals surface area contributed by atoms with E-state index in [0.29, 0.717) is 38.9 Å². The Hall–Kier alpha value is -2.97. The molecule has 0 aromatic heterocycles. The van der Waals surface area contributed by atoms with Crippen LogP contribution >= 0.6 is 23.4 Å². The SMILES string of the molecule is CCOc1cc(C=C2SC(=Nc3ccc(Cl)cc3)N(C)C2=O)ccc1OCC(=O)O. The van der Waals surface area contributed by atoms with Gasteiger partial charge in [-0.05, 0) is 66.7 Å². The van der Waals surface area contributed by atoms with Crippen LogP contribution in [0, 0.1) is 0 Å². The number of carboxylic acids is 1. The van der Waals surface area contributed by atoms with E-state index in [1.807, 2.05) is 6.92 Å². The zero-order chi connectivity index (χ0) is 21.7. The Bertz CT molecular complexity index is 1020. The summed E-state index contributed by atoms with van der Waals surface area (Å²) in [5, 5.41) is 9.97. The monoisotopic (exact) mass is 446 g/mol. The van der Waals surface area contributed by atoms with Crippen LogP contribution < -0.4 is 9.47 Å². The lowest BCUT2D eigenvalue weighted by Gasteiger charge is -2.11. The maximum Gasteiger partial charge on any atom is 0.341 e. The lowest BCUT2D eigenvalue weighted by molar-refractivity contribution is -0.139. The van der Waals surface area contributed by atoms with Crippen LogP contribution in [0.25, 0.3) is 6.08 Å². The highest BCUT2D eigenvalue weighted by molar-refractivity contribution is 8.18. The fourth-order valence-corrected chi connectivity index (χ4v) is 3.68. The first-order valence-corrected chi connectivity index (χ1v) is 10.2. The highest BCUT2D eigenvalue weighted by atomic mass is 35.5. The Kier molecular flexibility index (Phi) is 7.02. The van der Waals surface area contributed by atoms with Gasteiger partial charge in [-0.25, -0.2) is 9.79 Å². The molecule has 0 radical (unpaired) electrons. The number of rotatable bonds is 7. The molecule has 2 aromatic carbocycles. The third-order valence-electron chi connectivity index (χ3n) is 3.97. The standard InChI is InChI=1S/C21H19ClN2O5S/c1-3-28-17-10-13(4-9-16(17)29-12-19(25)26)11-18-20(27)24(2)21(30-18)23-15-7-5-14(22)6-8-15/h4-11H,3,12H2,1-2H3,(H,25,26). The summed E-state index contributed by atoms with van der Waals surface area (Å²) in [6.07, 6.45) is 1.73. The average Bonchev–Trinajstić information content (AvgIpc) is 2.97. The van der Waals surface area contributed by atoms with E-state index in [-0.39, 0.29) is 5.91 Å². The molecule has 7 nitrogen and oxygen atoms in total. The summed E-state index contributed by atoms with van der Waals surface area (Å²) >= 11 is 7.16. The van der Waals surface area contributed by atoms with Crippen LogP contribution in [-0.2, 0) is 9.59 Å². The van der Waals surface area contributed by atoms with E-state index in [1.54, 1.807) is 55.6 Å². The third-order valence-corrected chi connectivity index (χ3v) is 5.28. The number of aliphatic carboxylic acids is 1. The Morgan fingerprint density at radius 3 is 2.60 bits per heavy atom. The number of aliphatic imine (C=N–C) groups is 1. The molecule has 156 valence electrons. The minimum absolute atomic E-state index is 0.170. The van der Waals surface area contributed by atoms with E-state index in [4.69, 9.17) is 26.2 Å². The van der Waals surface area contributed by atoms with Crippen LogP contribution in [0.15, 0.2) is 52.4 Å². The number of hydrogen-bond donors (Lipinski definition) is 1. The topological polar surface area (TPSA) is 88.4 Å². The van der Waals surface area contributed by atoms with Gasteiger partial charge in [-0.3, -0.25) is 9.69 Å². The number of carbonyl (C=O) groups excluding carboxylic acids is 1. The third kappa shape index (κ3) is 5.34. The van der Waals surface area contributed by atoms with Crippen molar-refractivity contribution in [1.29, 1.82) is 0 Å². The molecule has 1 fully saturated rings. The van der Waals surface area contributed by atoms with Crippen molar-refractivity contribution in [3.63, 3.8) is 0 Å². The number of amides is 1. The van der Waals surface area contributed by atoms with E-state index in [2.05, 4.69) is 4.99 Å². The predicted molar refractivity (Wildman–Crippen MR) is 118 cm³/mol. The highest BCUT2D eigenvalue weighted by Gasteiger charge is 2.30. The van der Waals surface area contributed by atoms with Crippen LogP contribution in [0.1, 0.15) is 12.5 Å². The van der Waals surface area contributed by atoms with E-state index in [0.717, 1.165) is 5.56 Å². The minimum atomic E-state index is -1.08. The molecule has 1 aliphatic rings. The van der Waals surface area contributed by atoms with Crippen LogP contribution in [0.5, 0.6) is 11.5 Å². The summed E-state index contributed by atoms with van der Waals surface area (Å²) in [6, 6.07) is 12.1. The number of halogens is 1. The van der Waals surface area contributed by atoms with Gasteiger partial charge in [0, 0.05) is 12.1 Å². The second kappa shape index (κ2) is 9.69. The van der Waals surface area contributed by atoms with Crippen LogP contribution in [0.3, 0.4) is 0 Å². The fourth-order valence-electron chi connectivity index (χ4n) is 2.57. The maximum atomic E-state index is 12.6. The van der Waals surface area contributed by atoms with Gasteiger partial charge in [0.25, 0.3) is 5.91 Å². The van der Waals surface area contributed by atoms with E-state index in [9.17, 15) is 9.59 Å².